The Bertz CT molecular complexity index is 1820. The Labute approximate surface area is 299 Å². The van der Waals surface area contributed by atoms with Crippen LogP contribution in [0.3, 0.4) is 0 Å². The summed E-state index contributed by atoms with van der Waals surface area (Å²) in [5.41, 5.74) is 3.98. The molecule has 262 valence electrons. The fraction of sp³-hybridized carbons (Fsp3) is 0.438. The highest BCUT2D eigenvalue weighted by atomic mass is 35.5. The van der Waals surface area contributed by atoms with Crippen molar-refractivity contribution < 1.29 is 27.5 Å². The number of benzene rings is 2. The van der Waals surface area contributed by atoms with E-state index in [0.29, 0.717) is 72.6 Å². The van der Waals surface area contributed by atoms with Crippen LogP contribution < -0.4 is 15.8 Å². The van der Waals surface area contributed by atoms with Gasteiger partial charge in [0.2, 0.25) is 5.91 Å². The number of carbonyl (C=O) groups excluding carboxylic acids is 3. The summed E-state index contributed by atoms with van der Waals surface area (Å²) >= 11 is 14.8. The van der Waals surface area contributed by atoms with Crippen molar-refractivity contribution in [1.29, 1.82) is 0 Å². The fourth-order valence-electron chi connectivity index (χ4n) is 6.16. The lowest BCUT2D eigenvalue weighted by Crippen LogP contribution is -2.59. The molecular formula is C32H37Cl2N7O6S2. The van der Waals surface area contributed by atoms with Crippen LogP contribution in [0.2, 0.25) is 10.0 Å². The van der Waals surface area contributed by atoms with Crippen molar-refractivity contribution in [3.8, 4) is 11.3 Å². The van der Waals surface area contributed by atoms with Crippen LogP contribution in [0.1, 0.15) is 46.9 Å². The molecule has 49 heavy (non-hydrogen) atoms. The highest BCUT2D eigenvalue weighted by molar-refractivity contribution is 7.86. The van der Waals surface area contributed by atoms with Gasteiger partial charge in [0.05, 0.1) is 17.9 Å². The second-order valence-electron chi connectivity index (χ2n) is 12.5. The average molecular weight is 751 g/mol. The van der Waals surface area contributed by atoms with E-state index in [1.807, 2.05) is 44.2 Å². The number of piperazine rings is 1. The van der Waals surface area contributed by atoms with Gasteiger partial charge in [-0.25, -0.2) is 25.0 Å². The van der Waals surface area contributed by atoms with Crippen LogP contribution in [0.5, 0.6) is 0 Å². The van der Waals surface area contributed by atoms with Gasteiger partial charge in [0.15, 0.2) is 0 Å². The number of rotatable bonds is 10. The topological polar surface area (TPSA) is 144 Å². The molecule has 2 aromatic carbocycles. The van der Waals surface area contributed by atoms with E-state index in [2.05, 4.69) is 15.6 Å². The van der Waals surface area contributed by atoms with Gasteiger partial charge < -0.3 is 4.74 Å². The average Bonchev–Trinajstić information content (AvgIpc) is 3.77. The maximum atomic E-state index is 13.6. The smallest absolute Gasteiger partial charge is 0.350 e. The molecule has 0 radical (unpaired) electrons. The zero-order chi connectivity index (χ0) is 34.9. The second-order valence-corrected chi connectivity index (χ2v) is 16.2. The monoisotopic (exact) mass is 749 g/mol. The third-order valence-corrected chi connectivity index (χ3v) is 12.8. The third kappa shape index (κ3) is 7.49. The van der Waals surface area contributed by atoms with E-state index in [1.54, 1.807) is 20.7 Å². The number of hydrogen-bond donors (Lipinski definition) is 2. The first-order chi connectivity index (χ1) is 23.4. The number of halogens is 2. The molecule has 6 rings (SSSR count). The van der Waals surface area contributed by atoms with Gasteiger partial charge in [-0.15, -0.1) is 11.3 Å². The molecule has 3 saturated heterocycles. The van der Waals surface area contributed by atoms with Crippen molar-refractivity contribution in [2.75, 3.05) is 64.0 Å². The molecule has 1 aromatic heterocycles. The van der Waals surface area contributed by atoms with Gasteiger partial charge in [-0.3, -0.25) is 15.0 Å². The van der Waals surface area contributed by atoms with Gasteiger partial charge in [-0.05, 0) is 38.8 Å². The SMILES string of the molecule is CC(C)(c1nc(-c2ccccc2)c(C(=O)OCCN2CCN(S(=O)(=O)N3CCCC3)CC2)s1)c1c(Cl)cc(N2NCC(=O)NC2=O)cc1Cl. The van der Waals surface area contributed by atoms with Crippen LogP contribution >= 0.6 is 34.5 Å². The lowest BCUT2D eigenvalue weighted by Gasteiger charge is -2.35. The van der Waals surface area contributed by atoms with Crippen LogP contribution in [0.4, 0.5) is 10.5 Å². The molecule has 2 N–H and O–H groups in total. The van der Waals surface area contributed by atoms with Crippen LogP contribution in [0.25, 0.3) is 11.3 Å². The Morgan fingerprint density at radius 3 is 2.24 bits per heavy atom. The van der Waals surface area contributed by atoms with E-state index in [1.165, 1.54) is 11.3 Å². The molecule has 3 aromatic rings. The molecule has 0 atom stereocenters. The van der Waals surface area contributed by atoms with Crippen LogP contribution in [-0.2, 0) is 25.2 Å². The summed E-state index contributed by atoms with van der Waals surface area (Å²) in [5, 5.41) is 4.52. The second kappa shape index (κ2) is 14.6. The molecule has 0 spiro atoms. The molecular weight excluding hydrogens is 713 g/mol. The molecule has 0 unspecified atom stereocenters. The molecule has 13 nitrogen and oxygen atoms in total. The number of thiazole rings is 1. The van der Waals surface area contributed by atoms with Gasteiger partial charge in [0.25, 0.3) is 10.2 Å². The number of esters is 1. The number of carbonyl (C=O) groups is 3. The number of aromatic nitrogens is 1. The van der Waals surface area contributed by atoms with Crippen molar-refractivity contribution in [1.82, 2.24) is 29.2 Å². The number of nitrogens with zero attached hydrogens (tertiary/aromatic N) is 5. The molecule has 3 fully saturated rings. The number of hydrogen-bond acceptors (Lipinski definition) is 10. The highest BCUT2D eigenvalue weighted by Crippen LogP contribution is 2.45. The lowest BCUT2D eigenvalue weighted by atomic mass is 9.85. The predicted octanol–water partition coefficient (Wildman–Crippen LogP) is 4.12. The zero-order valence-electron chi connectivity index (χ0n) is 27.1. The van der Waals surface area contributed by atoms with E-state index in [0.717, 1.165) is 23.4 Å². The first kappa shape index (κ1) is 35.7. The Kier molecular flexibility index (Phi) is 10.6. The molecule has 4 heterocycles. The number of amides is 3. The van der Waals surface area contributed by atoms with Crippen molar-refractivity contribution in [2.24, 2.45) is 0 Å². The summed E-state index contributed by atoms with van der Waals surface area (Å²) in [7, 11) is -3.43. The molecule has 17 heteroatoms. The van der Waals surface area contributed by atoms with Crippen molar-refractivity contribution in [3.05, 3.63) is 68.0 Å². The lowest BCUT2D eigenvalue weighted by molar-refractivity contribution is -0.119. The van der Waals surface area contributed by atoms with Crippen LogP contribution in [-0.4, -0.2) is 104 Å². The number of hydrazine groups is 1. The van der Waals surface area contributed by atoms with Gasteiger partial charge in [0, 0.05) is 72.4 Å². The quantitative estimate of drug-likeness (QED) is 0.293. The van der Waals surface area contributed by atoms with E-state index >= 15 is 0 Å². The van der Waals surface area contributed by atoms with Crippen LogP contribution in [0.15, 0.2) is 42.5 Å². The number of nitrogens with one attached hydrogen (secondary N) is 2. The van der Waals surface area contributed by atoms with E-state index in [-0.39, 0.29) is 23.2 Å². The normalized spacial score (nSPS) is 18.6. The van der Waals surface area contributed by atoms with Gasteiger partial charge in [-0.2, -0.15) is 17.0 Å². The Morgan fingerprint density at radius 1 is 0.980 bits per heavy atom. The number of ether oxygens (including phenoxy) is 1. The standard InChI is InChI=1S/C32H37Cl2N7O6S2/c1-32(2,26-23(33)18-22(19-24(26)34)41-31(44)36-25(42)20-35-41)30-37-27(21-8-4-3-5-9-21)28(48-30)29(43)47-17-16-38-12-14-40(15-13-38)49(45,46)39-10-6-7-11-39/h3-5,8-9,18-19,35H,6-7,10-17,20H2,1-2H3,(H,36,42,44). The Balaban J connectivity index is 1.17. The molecule has 0 bridgehead atoms. The molecule has 0 aliphatic carbocycles. The minimum atomic E-state index is -3.43. The van der Waals surface area contributed by atoms with Crippen LogP contribution in [0, 0.1) is 0 Å². The maximum absolute atomic E-state index is 13.6. The summed E-state index contributed by atoms with van der Waals surface area (Å²) < 4.78 is 34.7. The van der Waals surface area contributed by atoms with Gasteiger partial charge in [-0.1, -0.05) is 53.5 Å². The van der Waals surface area contributed by atoms with E-state index in [4.69, 9.17) is 32.9 Å². The first-order valence-electron chi connectivity index (χ1n) is 15.9. The maximum Gasteiger partial charge on any atom is 0.350 e. The Morgan fingerprint density at radius 2 is 1.61 bits per heavy atom. The third-order valence-electron chi connectivity index (χ3n) is 8.84. The van der Waals surface area contributed by atoms with Crippen molar-refractivity contribution in [2.45, 2.75) is 32.1 Å². The first-order valence-corrected chi connectivity index (χ1v) is 18.9. The summed E-state index contributed by atoms with van der Waals surface area (Å²) in [5.74, 6) is -0.967. The fourth-order valence-corrected chi connectivity index (χ4v) is 9.87. The molecule has 3 aliphatic rings. The summed E-state index contributed by atoms with van der Waals surface area (Å²) in [4.78, 5) is 44.9. The summed E-state index contributed by atoms with van der Waals surface area (Å²) in [6, 6.07) is 11.8. The molecule has 0 saturated carbocycles. The largest absolute Gasteiger partial charge is 0.460 e. The highest BCUT2D eigenvalue weighted by Gasteiger charge is 2.36. The number of imide groups is 1. The minimum absolute atomic E-state index is 0.0890. The number of anilines is 1. The van der Waals surface area contributed by atoms with E-state index in [9.17, 15) is 22.8 Å². The molecule has 3 aliphatic heterocycles. The predicted molar refractivity (Wildman–Crippen MR) is 188 cm³/mol. The van der Waals surface area contributed by atoms with Gasteiger partial charge >= 0.3 is 12.0 Å². The minimum Gasteiger partial charge on any atom is -0.460 e. The Hall–Kier alpha value is -3.15. The molecule has 3 amide bonds. The van der Waals surface area contributed by atoms with Gasteiger partial charge in [0.1, 0.15) is 16.5 Å². The number of urea groups is 1. The van der Waals surface area contributed by atoms with Crippen molar-refractivity contribution in [3.63, 3.8) is 0 Å². The summed E-state index contributed by atoms with van der Waals surface area (Å²) in [6.45, 7) is 7.35. The summed E-state index contributed by atoms with van der Waals surface area (Å²) in [6.07, 6.45) is 1.79. The van der Waals surface area contributed by atoms with Crippen molar-refractivity contribution >= 4 is 68.3 Å². The zero-order valence-corrected chi connectivity index (χ0v) is 30.2. The van der Waals surface area contributed by atoms with E-state index < -0.39 is 33.5 Å².